The predicted molar refractivity (Wildman–Crippen MR) is 91.6 cm³/mol. The van der Waals surface area contributed by atoms with Crippen LogP contribution < -0.4 is 4.90 Å². The van der Waals surface area contributed by atoms with Gasteiger partial charge in [-0.05, 0) is 28.4 Å². The Hall–Kier alpha value is -1.19. The summed E-state index contributed by atoms with van der Waals surface area (Å²) in [5.74, 6) is 0.569. The second-order valence-corrected chi connectivity index (χ2v) is 9.06. The van der Waals surface area contributed by atoms with E-state index in [1.54, 1.807) is 6.07 Å². The van der Waals surface area contributed by atoms with Crippen molar-refractivity contribution in [3.63, 3.8) is 0 Å². The van der Waals surface area contributed by atoms with Crippen LogP contribution in [0.5, 0.6) is 0 Å². The van der Waals surface area contributed by atoms with Crippen molar-refractivity contribution in [1.82, 2.24) is 4.90 Å². The quantitative estimate of drug-likeness (QED) is 0.563. The molecule has 2 saturated heterocycles. The topological polar surface area (TPSA) is 83.8 Å². The van der Waals surface area contributed by atoms with E-state index < -0.39 is 14.8 Å². The summed E-state index contributed by atoms with van der Waals surface area (Å²) < 4.78 is 23.9. The molecule has 2 fully saturated rings. The first-order valence-corrected chi connectivity index (χ1v) is 10.1. The first-order chi connectivity index (χ1) is 10.9. The molecule has 126 valence electrons. The van der Waals surface area contributed by atoms with E-state index in [9.17, 15) is 18.5 Å². The summed E-state index contributed by atoms with van der Waals surface area (Å²) in [7, 11) is -2.86. The molecule has 0 bridgehead atoms. The lowest BCUT2D eigenvalue weighted by Crippen LogP contribution is -2.50. The summed E-state index contributed by atoms with van der Waals surface area (Å²) in [6.07, 6.45) is 0.726. The highest BCUT2D eigenvalue weighted by Crippen LogP contribution is 2.31. The Morgan fingerprint density at radius 2 is 1.91 bits per heavy atom. The van der Waals surface area contributed by atoms with Crippen LogP contribution in [-0.2, 0) is 9.84 Å². The van der Waals surface area contributed by atoms with Crippen LogP contribution in [0, 0.1) is 10.1 Å². The monoisotopic (exact) mass is 403 g/mol. The minimum absolute atomic E-state index is 0.0652. The number of benzene rings is 1. The Kier molecular flexibility index (Phi) is 4.61. The van der Waals surface area contributed by atoms with Crippen LogP contribution >= 0.6 is 15.9 Å². The van der Waals surface area contributed by atoms with Crippen molar-refractivity contribution in [3.05, 3.63) is 32.8 Å². The number of nitrogens with zero attached hydrogens (tertiary/aromatic N) is 3. The highest BCUT2D eigenvalue weighted by atomic mass is 79.9. The zero-order chi connectivity index (χ0) is 16.6. The third kappa shape index (κ3) is 3.67. The molecule has 0 spiro atoms. The number of anilines is 1. The molecule has 7 nitrogen and oxygen atoms in total. The van der Waals surface area contributed by atoms with Crippen molar-refractivity contribution < 1.29 is 13.3 Å². The van der Waals surface area contributed by atoms with E-state index >= 15 is 0 Å². The minimum Gasteiger partial charge on any atom is -0.368 e. The molecule has 2 aliphatic rings. The van der Waals surface area contributed by atoms with Gasteiger partial charge in [-0.15, -0.1) is 0 Å². The third-order valence-corrected chi connectivity index (χ3v) is 6.91. The largest absolute Gasteiger partial charge is 0.368 e. The van der Waals surface area contributed by atoms with Gasteiger partial charge in [0.1, 0.15) is 0 Å². The van der Waals surface area contributed by atoms with Gasteiger partial charge in [-0.3, -0.25) is 15.0 Å². The van der Waals surface area contributed by atoms with E-state index in [1.165, 1.54) is 12.1 Å². The summed E-state index contributed by atoms with van der Waals surface area (Å²) in [6.45, 7) is 3.19. The molecule has 0 aliphatic carbocycles. The van der Waals surface area contributed by atoms with Gasteiger partial charge in [0.05, 0.1) is 22.1 Å². The van der Waals surface area contributed by atoms with E-state index in [0.717, 1.165) is 38.3 Å². The normalized spacial score (nSPS) is 24.7. The molecular formula is C14H18BrN3O4S. The van der Waals surface area contributed by atoms with E-state index in [0.29, 0.717) is 10.2 Å². The summed E-state index contributed by atoms with van der Waals surface area (Å²) in [6, 6.07) is 4.93. The summed E-state index contributed by atoms with van der Waals surface area (Å²) in [5, 5.41) is 10.8. The molecule has 0 N–H and O–H groups in total. The summed E-state index contributed by atoms with van der Waals surface area (Å²) in [5.41, 5.74) is 1.00. The molecule has 0 radical (unpaired) electrons. The lowest BCUT2D eigenvalue weighted by Gasteiger charge is -2.39. The number of hydrogen-bond acceptors (Lipinski definition) is 6. The van der Waals surface area contributed by atoms with Crippen molar-refractivity contribution in [2.24, 2.45) is 0 Å². The number of rotatable bonds is 3. The standard InChI is InChI=1S/C14H18BrN3O4S/c15-13-9-11(18(19)20)1-2-14(13)17-6-4-16(5-7-17)12-3-8-23(21,22)10-12/h1-2,9,12H,3-8,10H2. The highest BCUT2D eigenvalue weighted by Gasteiger charge is 2.33. The molecule has 0 saturated carbocycles. The van der Waals surface area contributed by atoms with Crippen molar-refractivity contribution in [2.75, 3.05) is 42.6 Å². The fourth-order valence-electron chi connectivity index (χ4n) is 3.26. The van der Waals surface area contributed by atoms with Gasteiger partial charge in [0, 0.05) is 48.8 Å². The third-order valence-electron chi connectivity index (χ3n) is 4.52. The van der Waals surface area contributed by atoms with Crippen LogP contribution in [-0.4, -0.2) is 62.0 Å². The smallest absolute Gasteiger partial charge is 0.270 e. The lowest BCUT2D eigenvalue weighted by atomic mass is 10.1. The van der Waals surface area contributed by atoms with Crippen LogP contribution in [0.2, 0.25) is 0 Å². The predicted octanol–water partition coefficient (Wildman–Crippen LogP) is 1.67. The maximum absolute atomic E-state index is 11.6. The second-order valence-electron chi connectivity index (χ2n) is 5.97. The average Bonchev–Trinajstić information content (AvgIpc) is 2.87. The average molecular weight is 404 g/mol. The van der Waals surface area contributed by atoms with Crippen LogP contribution in [0.1, 0.15) is 6.42 Å². The summed E-state index contributed by atoms with van der Waals surface area (Å²) >= 11 is 3.41. The summed E-state index contributed by atoms with van der Waals surface area (Å²) in [4.78, 5) is 14.8. The molecule has 23 heavy (non-hydrogen) atoms. The lowest BCUT2D eigenvalue weighted by molar-refractivity contribution is -0.384. The van der Waals surface area contributed by atoms with Gasteiger partial charge < -0.3 is 4.90 Å². The van der Waals surface area contributed by atoms with Crippen LogP contribution in [0.25, 0.3) is 0 Å². The molecule has 1 aromatic carbocycles. The van der Waals surface area contributed by atoms with Crippen LogP contribution in [0.3, 0.4) is 0 Å². The van der Waals surface area contributed by atoms with E-state index in [2.05, 4.69) is 25.7 Å². The number of nitro benzene ring substituents is 1. The van der Waals surface area contributed by atoms with Gasteiger partial charge in [-0.2, -0.15) is 0 Å². The Labute approximate surface area is 143 Å². The maximum Gasteiger partial charge on any atom is 0.270 e. The Bertz CT molecular complexity index is 717. The molecular weight excluding hydrogens is 386 g/mol. The van der Waals surface area contributed by atoms with E-state index in [4.69, 9.17) is 0 Å². The fraction of sp³-hybridized carbons (Fsp3) is 0.571. The Morgan fingerprint density at radius 3 is 2.43 bits per heavy atom. The number of hydrogen-bond donors (Lipinski definition) is 0. The minimum atomic E-state index is -2.86. The number of sulfone groups is 1. The number of non-ortho nitro benzene ring substituents is 1. The molecule has 0 aromatic heterocycles. The molecule has 2 aliphatic heterocycles. The second kappa shape index (κ2) is 6.37. The Morgan fingerprint density at radius 1 is 1.22 bits per heavy atom. The molecule has 3 rings (SSSR count). The van der Waals surface area contributed by atoms with Gasteiger partial charge in [0.25, 0.3) is 5.69 Å². The zero-order valence-corrected chi connectivity index (χ0v) is 14.9. The van der Waals surface area contributed by atoms with Crippen LogP contribution in [0.4, 0.5) is 11.4 Å². The molecule has 1 atom stereocenters. The number of nitro groups is 1. The van der Waals surface area contributed by atoms with Crippen LogP contribution in [0.15, 0.2) is 22.7 Å². The van der Waals surface area contributed by atoms with Gasteiger partial charge in [-0.1, -0.05) is 0 Å². The van der Waals surface area contributed by atoms with Gasteiger partial charge in [0.15, 0.2) is 9.84 Å². The SMILES string of the molecule is O=[N+]([O-])c1ccc(N2CCN(C3CCS(=O)(=O)C3)CC2)c(Br)c1. The number of halogens is 1. The Balaban J connectivity index is 1.64. The first-order valence-electron chi connectivity index (χ1n) is 7.49. The molecule has 1 aromatic rings. The van der Waals surface area contributed by atoms with E-state index in [-0.39, 0.29) is 17.5 Å². The highest BCUT2D eigenvalue weighted by molar-refractivity contribution is 9.10. The maximum atomic E-state index is 11.6. The van der Waals surface area contributed by atoms with Gasteiger partial charge in [-0.25, -0.2) is 8.42 Å². The number of piperazine rings is 1. The van der Waals surface area contributed by atoms with Crippen molar-refractivity contribution in [1.29, 1.82) is 0 Å². The molecule has 0 amide bonds. The van der Waals surface area contributed by atoms with Crippen molar-refractivity contribution >= 4 is 37.1 Å². The van der Waals surface area contributed by atoms with Crippen molar-refractivity contribution in [2.45, 2.75) is 12.5 Å². The van der Waals surface area contributed by atoms with E-state index in [1.807, 2.05) is 0 Å². The molecule has 1 unspecified atom stereocenters. The first kappa shape index (κ1) is 16.7. The van der Waals surface area contributed by atoms with Gasteiger partial charge >= 0.3 is 0 Å². The molecule has 2 heterocycles. The van der Waals surface area contributed by atoms with Crippen molar-refractivity contribution in [3.8, 4) is 0 Å². The van der Waals surface area contributed by atoms with Gasteiger partial charge in [0.2, 0.25) is 0 Å². The zero-order valence-electron chi connectivity index (χ0n) is 12.5. The fourth-order valence-corrected chi connectivity index (χ4v) is 5.64. The molecule has 9 heteroatoms.